The monoisotopic (exact) mass is 188 g/mol. The Balaban J connectivity index is 2.14. The van der Waals surface area contributed by atoms with E-state index in [4.69, 9.17) is 0 Å². The topological polar surface area (TPSA) is 55.1 Å². The van der Waals surface area contributed by atoms with Crippen LogP contribution >= 0.6 is 0 Å². The average molecular weight is 188 g/mol. The summed E-state index contributed by atoms with van der Waals surface area (Å²) in [5.74, 6) is 0. The van der Waals surface area contributed by atoms with E-state index in [9.17, 15) is 4.79 Å². The molecule has 0 fully saturated rings. The van der Waals surface area contributed by atoms with Crippen LogP contribution in [0.3, 0.4) is 0 Å². The van der Waals surface area contributed by atoms with Crippen molar-refractivity contribution in [1.29, 1.82) is 0 Å². The van der Waals surface area contributed by atoms with Crippen LogP contribution in [0.15, 0.2) is 41.2 Å². The molecule has 14 heavy (non-hydrogen) atoms. The van der Waals surface area contributed by atoms with Gasteiger partial charge in [0.05, 0.1) is 11.9 Å². The molecule has 0 bridgehead atoms. The molecule has 0 radical (unpaired) electrons. The summed E-state index contributed by atoms with van der Waals surface area (Å²) in [6, 6.07) is 7.11. The number of aromatic nitrogens is 1. The van der Waals surface area contributed by atoms with Crippen molar-refractivity contribution >= 4 is 17.7 Å². The Morgan fingerprint density at radius 2 is 2.00 bits per heavy atom. The SMILES string of the molecule is O=Cc1ccc(Nc2cnoc2)cc1. The first-order valence-corrected chi connectivity index (χ1v) is 4.10. The Bertz CT molecular complexity index is 406. The maximum absolute atomic E-state index is 10.4. The van der Waals surface area contributed by atoms with Crippen molar-refractivity contribution < 1.29 is 9.32 Å². The van der Waals surface area contributed by atoms with Gasteiger partial charge in [0, 0.05) is 11.3 Å². The Hall–Kier alpha value is -2.10. The third-order valence-corrected chi connectivity index (χ3v) is 1.77. The second kappa shape index (κ2) is 3.74. The molecule has 1 heterocycles. The lowest BCUT2D eigenvalue weighted by Gasteiger charge is -2.01. The molecule has 1 N–H and O–H groups in total. The normalized spacial score (nSPS) is 9.71. The Morgan fingerprint density at radius 3 is 2.57 bits per heavy atom. The quantitative estimate of drug-likeness (QED) is 0.750. The van der Waals surface area contributed by atoms with Crippen molar-refractivity contribution in [3.05, 3.63) is 42.3 Å². The van der Waals surface area contributed by atoms with Crippen molar-refractivity contribution in [3.8, 4) is 0 Å². The zero-order valence-electron chi connectivity index (χ0n) is 7.31. The van der Waals surface area contributed by atoms with Gasteiger partial charge in [-0.1, -0.05) is 5.16 Å². The van der Waals surface area contributed by atoms with E-state index in [2.05, 4.69) is 15.0 Å². The van der Waals surface area contributed by atoms with Gasteiger partial charge < -0.3 is 9.84 Å². The van der Waals surface area contributed by atoms with E-state index in [1.54, 1.807) is 18.3 Å². The van der Waals surface area contributed by atoms with E-state index < -0.39 is 0 Å². The lowest BCUT2D eigenvalue weighted by atomic mass is 10.2. The first kappa shape index (κ1) is 8.50. The average Bonchev–Trinajstić information content (AvgIpc) is 2.72. The number of carbonyl (C=O) groups excluding carboxylic acids is 1. The summed E-state index contributed by atoms with van der Waals surface area (Å²) >= 11 is 0. The highest BCUT2D eigenvalue weighted by Gasteiger charge is 1.96. The Kier molecular flexibility index (Phi) is 2.27. The zero-order chi connectivity index (χ0) is 9.80. The molecule has 0 aliphatic rings. The van der Waals surface area contributed by atoms with Crippen LogP contribution < -0.4 is 5.32 Å². The maximum atomic E-state index is 10.4. The van der Waals surface area contributed by atoms with Gasteiger partial charge >= 0.3 is 0 Å². The van der Waals surface area contributed by atoms with Gasteiger partial charge in [-0.2, -0.15) is 0 Å². The highest BCUT2D eigenvalue weighted by molar-refractivity contribution is 5.76. The fourth-order valence-electron chi connectivity index (χ4n) is 1.08. The molecule has 0 saturated heterocycles. The minimum Gasteiger partial charge on any atom is -0.363 e. The molecule has 0 unspecified atom stereocenters. The Labute approximate surface area is 80.5 Å². The van der Waals surface area contributed by atoms with Crippen molar-refractivity contribution in [1.82, 2.24) is 5.16 Å². The van der Waals surface area contributed by atoms with Crippen LogP contribution in [0.1, 0.15) is 10.4 Å². The number of hydrogen-bond acceptors (Lipinski definition) is 4. The molecule has 0 saturated carbocycles. The van der Waals surface area contributed by atoms with Gasteiger partial charge in [-0.25, -0.2) is 0 Å². The summed E-state index contributed by atoms with van der Waals surface area (Å²) < 4.78 is 4.66. The predicted molar refractivity (Wildman–Crippen MR) is 51.6 cm³/mol. The van der Waals surface area contributed by atoms with Gasteiger partial charge in [0.1, 0.15) is 12.5 Å². The van der Waals surface area contributed by atoms with Gasteiger partial charge in [-0.15, -0.1) is 0 Å². The molecule has 2 aromatic rings. The van der Waals surface area contributed by atoms with E-state index in [0.29, 0.717) is 5.56 Å². The zero-order valence-corrected chi connectivity index (χ0v) is 7.31. The van der Waals surface area contributed by atoms with Crippen molar-refractivity contribution in [3.63, 3.8) is 0 Å². The van der Waals surface area contributed by atoms with Crippen molar-refractivity contribution in [2.45, 2.75) is 0 Å². The number of hydrogen-bond donors (Lipinski definition) is 1. The van der Waals surface area contributed by atoms with Gasteiger partial charge in [0.2, 0.25) is 0 Å². The van der Waals surface area contributed by atoms with Gasteiger partial charge in [-0.05, 0) is 24.3 Å². The second-order valence-corrected chi connectivity index (χ2v) is 2.78. The first-order chi connectivity index (χ1) is 6.88. The molecule has 1 aromatic heterocycles. The van der Waals surface area contributed by atoms with Crippen LogP contribution in [-0.4, -0.2) is 11.4 Å². The first-order valence-electron chi connectivity index (χ1n) is 4.10. The highest BCUT2D eigenvalue weighted by Crippen LogP contribution is 2.15. The summed E-state index contributed by atoms with van der Waals surface area (Å²) in [6.07, 6.45) is 3.89. The third-order valence-electron chi connectivity index (χ3n) is 1.77. The lowest BCUT2D eigenvalue weighted by Crippen LogP contribution is -1.88. The number of carbonyl (C=O) groups is 1. The standard InChI is InChI=1S/C10H8N2O2/c13-6-8-1-3-9(4-2-8)12-10-5-11-14-7-10/h1-7,12H. The molecule has 0 atom stereocenters. The van der Waals surface area contributed by atoms with Crippen LogP contribution in [0.2, 0.25) is 0 Å². The number of anilines is 2. The summed E-state index contributed by atoms with van der Waals surface area (Å²) in [7, 11) is 0. The predicted octanol–water partition coefficient (Wildman–Crippen LogP) is 2.23. The molecule has 1 aromatic carbocycles. The van der Waals surface area contributed by atoms with E-state index >= 15 is 0 Å². The fourth-order valence-corrected chi connectivity index (χ4v) is 1.08. The smallest absolute Gasteiger partial charge is 0.150 e. The van der Waals surface area contributed by atoms with Crippen LogP contribution in [-0.2, 0) is 0 Å². The van der Waals surface area contributed by atoms with Gasteiger partial charge in [0.15, 0.2) is 0 Å². The summed E-state index contributed by atoms with van der Waals surface area (Å²) in [5, 5.41) is 6.62. The van der Waals surface area contributed by atoms with Crippen LogP contribution in [0.5, 0.6) is 0 Å². The molecule has 0 aliphatic heterocycles. The van der Waals surface area contributed by atoms with Crippen LogP contribution in [0.4, 0.5) is 11.4 Å². The minimum absolute atomic E-state index is 0.654. The van der Waals surface area contributed by atoms with Gasteiger partial charge in [-0.3, -0.25) is 4.79 Å². The summed E-state index contributed by atoms with van der Waals surface area (Å²) in [6.45, 7) is 0. The van der Waals surface area contributed by atoms with Gasteiger partial charge in [0.25, 0.3) is 0 Å². The third kappa shape index (κ3) is 1.80. The maximum Gasteiger partial charge on any atom is 0.150 e. The summed E-state index contributed by atoms with van der Waals surface area (Å²) in [5.41, 5.74) is 2.32. The number of nitrogens with one attached hydrogen (secondary N) is 1. The lowest BCUT2D eigenvalue weighted by molar-refractivity contribution is 0.112. The number of aldehydes is 1. The fraction of sp³-hybridized carbons (Fsp3) is 0. The van der Waals surface area contributed by atoms with Crippen LogP contribution in [0.25, 0.3) is 0 Å². The molecule has 70 valence electrons. The molecule has 0 amide bonds. The molecular weight excluding hydrogens is 180 g/mol. The molecule has 0 spiro atoms. The highest BCUT2D eigenvalue weighted by atomic mass is 16.5. The Morgan fingerprint density at radius 1 is 1.21 bits per heavy atom. The molecule has 4 nitrogen and oxygen atoms in total. The van der Waals surface area contributed by atoms with Crippen LogP contribution in [0, 0.1) is 0 Å². The van der Waals surface area contributed by atoms with E-state index in [0.717, 1.165) is 17.7 Å². The largest absolute Gasteiger partial charge is 0.363 e. The summed E-state index contributed by atoms with van der Waals surface area (Å²) in [4.78, 5) is 10.4. The van der Waals surface area contributed by atoms with Crippen molar-refractivity contribution in [2.24, 2.45) is 0 Å². The van der Waals surface area contributed by atoms with E-state index in [1.807, 2.05) is 12.1 Å². The number of nitrogens with zero attached hydrogens (tertiary/aromatic N) is 1. The molecule has 0 aliphatic carbocycles. The molecular formula is C10H8N2O2. The molecule has 4 heteroatoms. The number of benzene rings is 1. The van der Waals surface area contributed by atoms with E-state index in [1.165, 1.54) is 6.26 Å². The minimum atomic E-state index is 0.654. The number of rotatable bonds is 3. The molecule has 2 rings (SSSR count). The second-order valence-electron chi connectivity index (χ2n) is 2.78. The van der Waals surface area contributed by atoms with Crippen molar-refractivity contribution in [2.75, 3.05) is 5.32 Å². The van der Waals surface area contributed by atoms with E-state index in [-0.39, 0.29) is 0 Å².